The van der Waals surface area contributed by atoms with Crippen molar-refractivity contribution in [1.29, 1.82) is 0 Å². The lowest BCUT2D eigenvalue weighted by Gasteiger charge is -2.15. The molecule has 0 saturated carbocycles. The summed E-state index contributed by atoms with van der Waals surface area (Å²) in [5.74, 6) is 1.41. The molecule has 0 bridgehead atoms. The molecule has 2 heteroatoms. The highest BCUT2D eigenvalue weighted by atomic mass is 16.7. The average molecular weight is 202 g/mol. The molecule has 0 aromatic rings. The van der Waals surface area contributed by atoms with Crippen molar-refractivity contribution in [3.63, 3.8) is 0 Å². The zero-order valence-electron chi connectivity index (χ0n) is 10.4. The second-order valence-corrected chi connectivity index (χ2v) is 4.67. The van der Waals surface area contributed by atoms with Gasteiger partial charge in [0.1, 0.15) is 0 Å². The zero-order valence-corrected chi connectivity index (χ0v) is 10.4. The summed E-state index contributed by atoms with van der Waals surface area (Å²) in [4.78, 5) is 0. The first-order valence-electron chi connectivity index (χ1n) is 5.75. The first-order chi connectivity index (χ1) is 6.52. The fourth-order valence-electron chi connectivity index (χ4n) is 0.988. The molecule has 0 N–H and O–H groups in total. The monoisotopic (exact) mass is 202 g/mol. The van der Waals surface area contributed by atoms with Gasteiger partial charge in [0.25, 0.3) is 0 Å². The van der Waals surface area contributed by atoms with E-state index in [1.54, 1.807) is 0 Å². The Hall–Kier alpha value is -0.0800. The van der Waals surface area contributed by atoms with Gasteiger partial charge in [0.05, 0.1) is 0 Å². The van der Waals surface area contributed by atoms with E-state index in [-0.39, 0.29) is 6.29 Å². The Kier molecular flexibility index (Phi) is 8.20. The van der Waals surface area contributed by atoms with Gasteiger partial charge in [-0.05, 0) is 31.6 Å². The van der Waals surface area contributed by atoms with Crippen molar-refractivity contribution in [3.8, 4) is 0 Å². The summed E-state index contributed by atoms with van der Waals surface area (Å²) in [5, 5.41) is 0. The molecule has 0 rings (SSSR count). The second kappa shape index (κ2) is 8.25. The van der Waals surface area contributed by atoms with Crippen molar-refractivity contribution < 1.29 is 9.47 Å². The Morgan fingerprint density at radius 1 is 0.714 bits per heavy atom. The van der Waals surface area contributed by atoms with Gasteiger partial charge in [-0.2, -0.15) is 0 Å². The van der Waals surface area contributed by atoms with E-state index in [0.717, 1.165) is 26.1 Å². The molecule has 0 saturated heterocycles. The van der Waals surface area contributed by atoms with Crippen LogP contribution >= 0.6 is 0 Å². The molecule has 0 spiro atoms. The molecular weight excluding hydrogens is 176 g/mol. The molecule has 0 unspecified atom stereocenters. The maximum atomic E-state index is 5.51. The summed E-state index contributed by atoms with van der Waals surface area (Å²) >= 11 is 0. The fourth-order valence-corrected chi connectivity index (χ4v) is 0.988. The molecule has 14 heavy (non-hydrogen) atoms. The van der Waals surface area contributed by atoms with Crippen LogP contribution in [0.1, 0.15) is 47.5 Å². The van der Waals surface area contributed by atoms with Gasteiger partial charge >= 0.3 is 0 Å². The van der Waals surface area contributed by atoms with E-state index in [1.807, 2.05) is 6.92 Å². The van der Waals surface area contributed by atoms with Crippen LogP contribution < -0.4 is 0 Å². The van der Waals surface area contributed by atoms with E-state index in [2.05, 4.69) is 27.7 Å². The fraction of sp³-hybridized carbons (Fsp3) is 1.00. The van der Waals surface area contributed by atoms with E-state index in [1.165, 1.54) is 0 Å². The van der Waals surface area contributed by atoms with Crippen molar-refractivity contribution >= 4 is 0 Å². The van der Waals surface area contributed by atoms with E-state index >= 15 is 0 Å². The van der Waals surface area contributed by atoms with Crippen LogP contribution in [0.25, 0.3) is 0 Å². The average Bonchev–Trinajstić information content (AvgIpc) is 2.02. The topological polar surface area (TPSA) is 18.5 Å². The second-order valence-electron chi connectivity index (χ2n) is 4.67. The lowest BCUT2D eigenvalue weighted by molar-refractivity contribution is -0.133. The Morgan fingerprint density at radius 2 is 1.07 bits per heavy atom. The summed E-state index contributed by atoms with van der Waals surface area (Å²) in [6.07, 6.45) is 2.17. The van der Waals surface area contributed by atoms with Gasteiger partial charge in [-0.1, -0.05) is 27.7 Å². The van der Waals surface area contributed by atoms with Gasteiger partial charge in [0.15, 0.2) is 6.29 Å². The van der Waals surface area contributed by atoms with Crippen LogP contribution in [-0.4, -0.2) is 19.5 Å². The molecule has 0 radical (unpaired) electrons. The smallest absolute Gasteiger partial charge is 0.154 e. The van der Waals surface area contributed by atoms with E-state index in [0.29, 0.717) is 11.8 Å². The van der Waals surface area contributed by atoms with Gasteiger partial charge in [-0.3, -0.25) is 0 Å². The number of hydrogen-bond donors (Lipinski definition) is 0. The van der Waals surface area contributed by atoms with Crippen LogP contribution in [0.15, 0.2) is 0 Å². The maximum absolute atomic E-state index is 5.51. The largest absolute Gasteiger partial charge is 0.353 e. The normalized spacial score (nSPS) is 12.0. The molecular formula is C12H26O2. The number of ether oxygens (including phenoxy) is 2. The third kappa shape index (κ3) is 10.0. The van der Waals surface area contributed by atoms with Gasteiger partial charge in [-0.15, -0.1) is 0 Å². The van der Waals surface area contributed by atoms with Crippen molar-refractivity contribution in [1.82, 2.24) is 0 Å². The highest BCUT2D eigenvalue weighted by molar-refractivity contribution is 4.45. The molecule has 0 aliphatic heterocycles. The molecule has 0 atom stereocenters. The highest BCUT2D eigenvalue weighted by Gasteiger charge is 2.03. The predicted molar refractivity (Wildman–Crippen MR) is 60.3 cm³/mol. The quantitative estimate of drug-likeness (QED) is 0.561. The summed E-state index contributed by atoms with van der Waals surface area (Å²) in [6.45, 7) is 12.4. The predicted octanol–water partition coefficient (Wildman–Crippen LogP) is 3.46. The summed E-state index contributed by atoms with van der Waals surface area (Å²) in [7, 11) is 0. The molecule has 0 aromatic carbocycles. The van der Waals surface area contributed by atoms with Crippen LogP contribution in [0.2, 0.25) is 0 Å². The minimum atomic E-state index is -0.0486. The summed E-state index contributed by atoms with van der Waals surface area (Å²) < 4.78 is 11.0. The minimum Gasteiger partial charge on any atom is -0.353 e. The van der Waals surface area contributed by atoms with Crippen LogP contribution in [0.3, 0.4) is 0 Å². The first-order valence-corrected chi connectivity index (χ1v) is 5.75. The van der Waals surface area contributed by atoms with Gasteiger partial charge in [0.2, 0.25) is 0 Å². The van der Waals surface area contributed by atoms with E-state index in [9.17, 15) is 0 Å². The lowest BCUT2D eigenvalue weighted by Crippen LogP contribution is -2.16. The molecule has 0 heterocycles. The SMILES string of the molecule is CC(C)CCOC(C)OCCC(C)C. The van der Waals surface area contributed by atoms with Crippen molar-refractivity contribution in [2.45, 2.75) is 53.8 Å². The van der Waals surface area contributed by atoms with Gasteiger partial charge in [-0.25, -0.2) is 0 Å². The van der Waals surface area contributed by atoms with E-state index in [4.69, 9.17) is 9.47 Å². The van der Waals surface area contributed by atoms with Crippen molar-refractivity contribution in [2.24, 2.45) is 11.8 Å². The summed E-state index contributed by atoms with van der Waals surface area (Å²) in [6, 6.07) is 0. The Bertz CT molecular complexity index is 107. The van der Waals surface area contributed by atoms with Crippen molar-refractivity contribution in [3.05, 3.63) is 0 Å². The number of hydrogen-bond acceptors (Lipinski definition) is 2. The maximum Gasteiger partial charge on any atom is 0.154 e. The van der Waals surface area contributed by atoms with Crippen molar-refractivity contribution in [2.75, 3.05) is 13.2 Å². The van der Waals surface area contributed by atoms with Gasteiger partial charge < -0.3 is 9.47 Å². The summed E-state index contributed by atoms with van der Waals surface area (Å²) in [5.41, 5.74) is 0. The zero-order chi connectivity index (χ0) is 11.0. The minimum absolute atomic E-state index is 0.0486. The van der Waals surface area contributed by atoms with Crippen LogP contribution in [-0.2, 0) is 9.47 Å². The molecule has 2 nitrogen and oxygen atoms in total. The molecule has 0 aromatic heterocycles. The number of rotatable bonds is 8. The molecule has 0 aliphatic rings. The highest BCUT2D eigenvalue weighted by Crippen LogP contribution is 2.04. The first kappa shape index (κ1) is 13.9. The van der Waals surface area contributed by atoms with Crippen LogP contribution in [0, 0.1) is 11.8 Å². The van der Waals surface area contributed by atoms with Crippen LogP contribution in [0.4, 0.5) is 0 Å². The molecule has 0 amide bonds. The van der Waals surface area contributed by atoms with Crippen LogP contribution in [0.5, 0.6) is 0 Å². The molecule has 86 valence electrons. The van der Waals surface area contributed by atoms with Gasteiger partial charge in [0, 0.05) is 13.2 Å². The Labute approximate surface area is 89.0 Å². The molecule has 0 fully saturated rings. The lowest BCUT2D eigenvalue weighted by atomic mass is 10.1. The molecule has 0 aliphatic carbocycles. The third-order valence-electron chi connectivity index (χ3n) is 2.10. The van der Waals surface area contributed by atoms with E-state index < -0.39 is 0 Å². The Balaban J connectivity index is 3.23. The Morgan fingerprint density at radius 3 is 1.36 bits per heavy atom. The standard InChI is InChI=1S/C12H26O2/c1-10(2)6-8-13-12(5)14-9-7-11(3)4/h10-12H,6-9H2,1-5H3. The third-order valence-corrected chi connectivity index (χ3v) is 2.10.